The molecule has 0 atom stereocenters. The summed E-state index contributed by atoms with van der Waals surface area (Å²) in [6.45, 7) is 1.92. The van der Waals surface area contributed by atoms with Crippen LogP contribution in [-0.2, 0) is 0 Å². The van der Waals surface area contributed by atoms with Crippen molar-refractivity contribution < 1.29 is 0 Å². The summed E-state index contributed by atoms with van der Waals surface area (Å²) in [6, 6.07) is 7.49. The van der Waals surface area contributed by atoms with Gasteiger partial charge in [0.1, 0.15) is 18.5 Å². The fourth-order valence-electron chi connectivity index (χ4n) is 2.02. The van der Waals surface area contributed by atoms with Gasteiger partial charge < -0.3 is 5.73 Å². The molecule has 0 saturated heterocycles. The number of nitrogens with two attached hydrogens (primary N) is 1. The van der Waals surface area contributed by atoms with E-state index in [9.17, 15) is 5.26 Å². The number of benzene rings is 1. The van der Waals surface area contributed by atoms with E-state index in [-0.39, 0.29) is 11.4 Å². The number of rotatable bonds is 1. The van der Waals surface area contributed by atoms with Crippen LogP contribution in [0.25, 0.3) is 15.9 Å². The van der Waals surface area contributed by atoms with E-state index in [0.29, 0.717) is 11.4 Å². The van der Waals surface area contributed by atoms with Crippen molar-refractivity contribution in [1.29, 1.82) is 10.5 Å². The molecule has 0 aliphatic heterocycles. The number of imidazole rings is 1. The van der Waals surface area contributed by atoms with E-state index in [1.54, 1.807) is 17.4 Å². The lowest BCUT2D eigenvalue weighted by Crippen LogP contribution is -2.01. The lowest BCUT2D eigenvalue weighted by atomic mass is 10.2. The molecule has 0 spiro atoms. The van der Waals surface area contributed by atoms with Crippen LogP contribution >= 0.6 is 11.3 Å². The summed E-state index contributed by atoms with van der Waals surface area (Å²) in [6.07, 6.45) is 1.42. The maximum absolute atomic E-state index is 9.17. The Balaban J connectivity index is 2.30. The molecule has 0 unspecified atom stereocenters. The van der Waals surface area contributed by atoms with Gasteiger partial charge in [0.2, 0.25) is 0 Å². The maximum atomic E-state index is 9.17. The third-order valence-corrected chi connectivity index (χ3v) is 3.82. The highest BCUT2D eigenvalue weighted by atomic mass is 32.1. The second-order valence-corrected chi connectivity index (χ2v) is 5.38. The average molecular weight is 280 g/mol. The summed E-state index contributed by atoms with van der Waals surface area (Å²) in [4.78, 5) is 8.32. The summed E-state index contributed by atoms with van der Waals surface area (Å²) in [5.74, 6) is 0. The molecule has 0 bridgehead atoms. The van der Waals surface area contributed by atoms with Crippen LogP contribution in [0.1, 0.15) is 16.4 Å². The lowest BCUT2D eigenvalue weighted by Gasteiger charge is -2.07. The van der Waals surface area contributed by atoms with Crippen molar-refractivity contribution in [2.75, 3.05) is 5.73 Å². The average Bonchev–Trinajstić information content (AvgIpc) is 2.98. The molecule has 7 heteroatoms. The van der Waals surface area contributed by atoms with Gasteiger partial charge in [-0.2, -0.15) is 10.5 Å². The van der Waals surface area contributed by atoms with Crippen molar-refractivity contribution in [3.05, 3.63) is 34.9 Å². The highest BCUT2D eigenvalue weighted by Gasteiger charge is 2.15. The van der Waals surface area contributed by atoms with E-state index in [2.05, 4.69) is 9.97 Å². The predicted octanol–water partition coefficient (Wildman–Crippen LogP) is 2.12. The number of hydrogen-bond acceptors (Lipinski definition) is 6. The molecule has 0 radical (unpaired) electrons. The minimum absolute atomic E-state index is 0.0847. The van der Waals surface area contributed by atoms with Gasteiger partial charge in [-0.1, -0.05) is 0 Å². The molecule has 20 heavy (non-hydrogen) atoms. The van der Waals surface area contributed by atoms with E-state index in [4.69, 9.17) is 11.0 Å². The summed E-state index contributed by atoms with van der Waals surface area (Å²) in [7, 11) is 0. The zero-order chi connectivity index (χ0) is 14.3. The molecule has 1 aromatic carbocycles. The van der Waals surface area contributed by atoms with Crippen LogP contribution in [0.15, 0.2) is 18.5 Å². The van der Waals surface area contributed by atoms with Gasteiger partial charge in [-0.3, -0.25) is 4.57 Å². The van der Waals surface area contributed by atoms with E-state index in [1.165, 1.54) is 10.9 Å². The molecule has 2 heterocycles. The Morgan fingerprint density at radius 1 is 1.30 bits per heavy atom. The SMILES string of the molecule is Cc1nc2cc(-n3cnc(C#N)c3C#N)c(N)cc2s1. The maximum Gasteiger partial charge on any atom is 0.177 e. The second-order valence-electron chi connectivity index (χ2n) is 4.15. The van der Waals surface area contributed by atoms with Crippen molar-refractivity contribution >= 4 is 27.2 Å². The first-order valence-corrected chi connectivity index (χ1v) is 6.50. The molecule has 0 aliphatic carbocycles. The molecule has 0 aliphatic rings. The van der Waals surface area contributed by atoms with Gasteiger partial charge in [0.15, 0.2) is 11.4 Å². The minimum atomic E-state index is 0.0847. The Bertz CT molecular complexity index is 905. The first kappa shape index (κ1) is 12.2. The molecule has 2 aromatic heterocycles. The number of thiazole rings is 1. The number of fused-ring (bicyclic) bond motifs is 1. The van der Waals surface area contributed by atoms with Crippen molar-refractivity contribution in [2.24, 2.45) is 0 Å². The van der Waals surface area contributed by atoms with Crippen LogP contribution in [-0.4, -0.2) is 14.5 Å². The molecule has 96 valence electrons. The highest BCUT2D eigenvalue weighted by Crippen LogP contribution is 2.29. The Morgan fingerprint density at radius 2 is 2.10 bits per heavy atom. The zero-order valence-corrected chi connectivity index (χ0v) is 11.3. The Morgan fingerprint density at radius 3 is 2.80 bits per heavy atom. The number of nitrogens with zero attached hydrogens (tertiary/aromatic N) is 5. The monoisotopic (exact) mass is 280 g/mol. The van der Waals surface area contributed by atoms with Gasteiger partial charge in [0.25, 0.3) is 0 Å². The highest BCUT2D eigenvalue weighted by molar-refractivity contribution is 7.18. The number of nitriles is 2. The summed E-state index contributed by atoms with van der Waals surface area (Å²) >= 11 is 1.56. The number of anilines is 1. The van der Waals surface area contributed by atoms with Gasteiger partial charge in [0, 0.05) is 0 Å². The number of aromatic nitrogens is 3. The summed E-state index contributed by atoms with van der Waals surface area (Å²) in [5, 5.41) is 19.1. The first-order chi connectivity index (χ1) is 9.63. The van der Waals surface area contributed by atoms with Crippen LogP contribution in [0.5, 0.6) is 0 Å². The van der Waals surface area contributed by atoms with Crippen LogP contribution in [0.3, 0.4) is 0 Å². The van der Waals surface area contributed by atoms with Crippen molar-refractivity contribution in [2.45, 2.75) is 6.92 Å². The van der Waals surface area contributed by atoms with Gasteiger partial charge in [0.05, 0.1) is 26.6 Å². The van der Waals surface area contributed by atoms with Crippen molar-refractivity contribution in [3.63, 3.8) is 0 Å². The van der Waals surface area contributed by atoms with E-state index >= 15 is 0 Å². The zero-order valence-electron chi connectivity index (χ0n) is 10.5. The predicted molar refractivity (Wildman–Crippen MR) is 75.3 cm³/mol. The van der Waals surface area contributed by atoms with Crippen LogP contribution < -0.4 is 5.73 Å². The lowest BCUT2D eigenvalue weighted by molar-refractivity contribution is 1.04. The first-order valence-electron chi connectivity index (χ1n) is 5.68. The van der Waals surface area contributed by atoms with Gasteiger partial charge in [-0.15, -0.1) is 11.3 Å². The smallest absolute Gasteiger partial charge is 0.177 e. The van der Waals surface area contributed by atoms with Crippen molar-refractivity contribution in [3.8, 4) is 17.8 Å². The minimum Gasteiger partial charge on any atom is -0.397 e. The Labute approximate surface area is 118 Å². The molecular formula is C13H8N6S. The molecule has 0 fully saturated rings. The van der Waals surface area contributed by atoms with Crippen LogP contribution in [0.2, 0.25) is 0 Å². The largest absolute Gasteiger partial charge is 0.397 e. The summed E-state index contributed by atoms with van der Waals surface area (Å²) in [5.41, 5.74) is 8.23. The number of nitrogen functional groups attached to an aromatic ring is 1. The molecule has 0 amide bonds. The van der Waals surface area contributed by atoms with E-state index < -0.39 is 0 Å². The van der Waals surface area contributed by atoms with E-state index in [0.717, 1.165) is 15.2 Å². The number of aryl methyl sites for hydroxylation is 1. The molecule has 2 N–H and O–H groups in total. The Kier molecular flexibility index (Phi) is 2.63. The van der Waals surface area contributed by atoms with Gasteiger partial charge >= 0.3 is 0 Å². The molecule has 0 saturated carbocycles. The van der Waals surface area contributed by atoms with Gasteiger partial charge in [-0.25, -0.2) is 9.97 Å². The van der Waals surface area contributed by atoms with E-state index in [1.807, 2.05) is 25.1 Å². The standard InChI is InChI=1S/C13H8N6S/c1-7-18-9-3-11(8(16)2-13(9)20-7)19-6-17-10(4-14)12(19)5-15/h2-3,6H,16H2,1H3. The normalized spacial score (nSPS) is 10.3. The number of hydrogen-bond donors (Lipinski definition) is 1. The van der Waals surface area contributed by atoms with Crippen LogP contribution in [0.4, 0.5) is 5.69 Å². The fraction of sp³-hybridized carbons (Fsp3) is 0.0769. The molecule has 6 nitrogen and oxygen atoms in total. The molecule has 3 rings (SSSR count). The quantitative estimate of drug-likeness (QED) is 0.687. The van der Waals surface area contributed by atoms with Gasteiger partial charge in [-0.05, 0) is 19.1 Å². The third kappa shape index (κ3) is 1.69. The second kappa shape index (κ2) is 4.34. The van der Waals surface area contributed by atoms with Crippen LogP contribution in [0, 0.1) is 29.6 Å². The Hall–Kier alpha value is -2.90. The fourth-order valence-corrected chi connectivity index (χ4v) is 2.88. The molecular weight excluding hydrogens is 272 g/mol. The topological polar surface area (TPSA) is 104 Å². The third-order valence-electron chi connectivity index (χ3n) is 2.88. The van der Waals surface area contributed by atoms with Crippen molar-refractivity contribution in [1.82, 2.24) is 14.5 Å². The molecule has 3 aromatic rings. The summed E-state index contributed by atoms with van der Waals surface area (Å²) < 4.78 is 2.50.